The number of alkyl halides is 3. The van der Waals surface area contributed by atoms with E-state index in [1.54, 1.807) is 17.0 Å². The molecule has 2 aromatic carbocycles. The Morgan fingerprint density at radius 1 is 1.06 bits per heavy atom. The van der Waals surface area contributed by atoms with Crippen molar-refractivity contribution in [2.24, 2.45) is 5.92 Å². The minimum Gasteiger partial charge on any atom is -0.459 e. The summed E-state index contributed by atoms with van der Waals surface area (Å²) in [4.78, 5) is 30.1. The van der Waals surface area contributed by atoms with Crippen LogP contribution in [-0.2, 0) is 17.4 Å². The molecule has 2 aliphatic heterocycles. The number of nitrogens with one attached hydrogen (secondary N) is 1. The van der Waals surface area contributed by atoms with Crippen LogP contribution in [0.15, 0.2) is 71.3 Å². The number of hydrogen-bond acceptors (Lipinski definition) is 4. The molecule has 188 valence electrons. The summed E-state index contributed by atoms with van der Waals surface area (Å²) in [5, 5.41) is 3.04. The largest absolute Gasteiger partial charge is 0.459 e. The summed E-state index contributed by atoms with van der Waals surface area (Å²) in [6.45, 7) is 2.90. The molecule has 0 bridgehead atoms. The van der Waals surface area contributed by atoms with Crippen LogP contribution >= 0.6 is 0 Å². The molecular weight excluding hydrogens is 471 g/mol. The number of nitrogens with zero attached hydrogens (tertiary/aromatic N) is 2. The molecule has 5 rings (SSSR count). The van der Waals surface area contributed by atoms with Gasteiger partial charge in [-0.05, 0) is 54.8 Å². The molecule has 0 unspecified atom stereocenters. The van der Waals surface area contributed by atoms with E-state index < -0.39 is 17.7 Å². The van der Waals surface area contributed by atoms with E-state index in [9.17, 15) is 22.8 Å². The van der Waals surface area contributed by atoms with Gasteiger partial charge < -0.3 is 19.5 Å². The maximum Gasteiger partial charge on any atom is 0.416 e. The van der Waals surface area contributed by atoms with Crippen molar-refractivity contribution in [2.75, 3.05) is 24.5 Å². The molecule has 0 radical (unpaired) electrons. The topological polar surface area (TPSA) is 65.8 Å². The fourth-order valence-electron chi connectivity index (χ4n) is 5.19. The lowest BCUT2D eigenvalue weighted by atomic mass is 9.82. The zero-order valence-corrected chi connectivity index (χ0v) is 19.7. The van der Waals surface area contributed by atoms with E-state index >= 15 is 0 Å². The monoisotopic (exact) mass is 497 g/mol. The summed E-state index contributed by atoms with van der Waals surface area (Å²) in [5.74, 6) is -0.945. The maximum atomic E-state index is 13.6. The second-order valence-corrected chi connectivity index (χ2v) is 9.28. The van der Waals surface area contributed by atoms with Gasteiger partial charge in [0.15, 0.2) is 5.76 Å². The molecule has 3 heterocycles. The molecule has 36 heavy (non-hydrogen) atoms. The summed E-state index contributed by atoms with van der Waals surface area (Å²) < 4.78 is 45.6. The highest BCUT2D eigenvalue weighted by Crippen LogP contribution is 2.40. The lowest BCUT2D eigenvalue weighted by molar-refractivity contribution is -0.137. The zero-order valence-electron chi connectivity index (χ0n) is 19.7. The average molecular weight is 498 g/mol. The van der Waals surface area contributed by atoms with Gasteiger partial charge in [0, 0.05) is 25.3 Å². The second kappa shape index (κ2) is 9.37. The molecule has 0 spiro atoms. The predicted molar refractivity (Wildman–Crippen MR) is 127 cm³/mol. The highest BCUT2D eigenvalue weighted by molar-refractivity contribution is 5.92. The maximum absolute atomic E-state index is 13.6. The van der Waals surface area contributed by atoms with E-state index in [1.165, 1.54) is 12.3 Å². The first-order valence-corrected chi connectivity index (χ1v) is 11.9. The average Bonchev–Trinajstić information content (AvgIpc) is 3.42. The summed E-state index contributed by atoms with van der Waals surface area (Å²) in [6.07, 6.45) is -2.89. The van der Waals surface area contributed by atoms with E-state index in [0.717, 1.165) is 17.7 Å². The van der Waals surface area contributed by atoms with Crippen molar-refractivity contribution in [2.45, 2.75) is 31.6 Å². The number of hydrogen-bond donors (Lipinski definition) is 1. The van der Waals surface area contributed by atoms with Gasteiger partial charge in [0.05, 0.1) is 29.8 Å². The third-order valence-electron chi connectivity index (χ3n) is 7.05. The first-order valence-electron chi connectivity index (χ1n) is 11.9. The molecular formula is C27H26F3N3O3. The summed E-state index contributed by atoms with van der Waals surface area (Å²) >= 11 is 0. The van der Waals surface area contributed by atoms with E-state index in [1.807, 2.05) is 42.2 Å². The third-order valence-corrected chi connectivity index (χ3v) is 7.05. The van der Waals surface area contributed by atoms with Crippen LogP contribution in [0.5, 0.6) is 0 Å². The molecule has 1 saturated heterocycles. The number of benzene rings is 2. The molecule has 1 fully saturated rings. The van der Waals surface area contributed by atoms with Crippen molar-refractivity contribution in [3.05, 3.63) is 89.4 Å². The van der Waals surface area contributed by atoms with Crippen molar-refractivity contribution >= 4 is 17.5 Å². The van der Waals surface area contributed by atoms with Crippen LogP contribution < -0.4 is 10.2 Å². The Kier molecular flexibility index (Phi) is 6.24. The van der Waals surface area contributed by atoms with Crippen molar-refractivity contribution < 1.29 is 27.2 Å². The molecule has 2 amide bonds. The van der Waals surface area contributed by atoms with Gasteiger partial charge in [-0.3, -0.25) is 9.59 Å². The molecule has 3 aromatic rings. The Hall–Kier alpha value is -3.75. The van der Waals surface area contributed by atoms with Crippen molar-refractivity contribution in [3.8, 4) is 0 Å². The predicted octanol–water partition coefficient (Wildman–Crippen LogP) is 4.68. The second-order valence-electron chi connectivity index (χ2n) is 9.28. The van der Waals surface area contributed by atoms with Gasteiger partial charge in [-0.15, -0.1) is 0 Å². The van der Waals surface area contributed by atoms with Crippen LogP contribution in [0.3, 0.4) is 0 Å². The number of rotatable bonds is 4. The van der Waals surface area contributed by atoms with Crippen molar-refractivity contribution in [1.82, 2.24) is 10.2 Å². The number of piperazine rings is 1. The lowest BCUT2D eigenvalue weighted by Crippen LogP contribution is -2.62. The Balaban J connectivity index is 1.45. The number of carbonyl (C=O) groups excluding carboxylic acids is 2. The van der Waals surface area contributed by atoms with E-state index in [-0.39, 0.29) is 42.6 Å². The standard InChI is InChI=1S/C27H26F3N3O3/c1-17(18-6-3-2-4-7-18)31-25(34)21-15-19-14-20(27(28,29)30)9-10-22(19)33-12-11-32(16-23(21)33)26(35)24-8-5-13-36-24/h2-10,13-14,17,21,23H,11-12,15-16H2,1H3,(H,31,34)/t17-,21+,23+/m0/s1. The number of fused-ring (bicyclic) bond motifs is 3. The first kappa shape index (κ1) is 24.0. The smallest absolute Gasteiger partial charge is 0.416 e. The van der Waals surface area contributed by atoms with Gasteiger partial charge >= 0.3 is 6.18 Å². The number of carbonyl (C=O) groups is 2. The van der Waals surface area contributed by atoms with Gasteiger partial charge in [0.1, 0.15) is 0 Å². The van der Waals surface area contributed by atoms with Gasteiger partial charge in [0.2, 0.25) is 5.91 Å². The van der Waals surface area contributed by atoms with Crippen LogP contribution in [0.1, 0.15) is 40.2 Å². The molecule has 0 saturated carbocycles. The fourth-order valence-corrected chi connectivity index (χ4v) is 5.19. The van der Waals surface area contributed by atoms with Gasteiger partial charge in [-0.2, -0.15) is 13.2 Å². The first-order chi connectivity index (χ1) is 17.2. The number of anilines is 1. The summed E-state index contributed by atoms with van der Waals surface area (Å²) in [7, 11) is 0. The van der Waals surface area contributed by atoms with E-state index in [0.29, 0.717) is 24.3 Å². The Morgan fingerprint density at radius 3 is 2.53 bits per heavy atom. The van der Waals surface area contributed by atoms with Crippen LogP contribution in [0.2, 0.25) is 0 Å². The molecule has 9 heteroatoms. The molecule has 1 N–H and O–H groups in total. The van der Waals surface area contributed by atoms with Crippen molar-refractivity contribution in [3.63, 3.8) is 0 Å². The molecule has 3 atom stereocenters. The Morgan fingerprint density at radius 2 is 1.83 bits per heavy atom. The highest BCUT2D eigenvalue weighted by atomic mass is 19.4. The van der Waals surface area contributed by atoms with Crippen LogP contribution in [-0.4, -0.2) is 42.4 Å². The molecule has 0 aliphatic carbocycles. The zero-order chi connectivity index (χ0) is 25.4. The number of amides is 2. The number of furan rings is 1. The molecule has 2 aliphatic rings. The SMILES string of the molecule is C[C@H](NC(=O)[C@@H]1Cc2cc(C(F)(F)F)ccc2N2CCN(C(=O)c3ccco3)C[C@H]12)c1ccccc1. The normalized spacial score (nSPS) is 20.3. The third kappa shape index (κ3) is 4.57. The molecule has 1 aromatic heterocycles. The number of halogens is 3. The summed E-state index contributed by atoms with van der Waals surface area (Å²) in [6, 6.07) is 15.7. The Labute approximate surface area is 206 Å². The Bertz CT molecular complexity index is 1240. The van der Waals surface area contributed by atoms with Crippen LogP contribution in [0.25, 0.3) is 0 Å². The van der Waals surface area contributed by atoms with Crippen LogP contribution in [0, 0.1) is 5.92 Å². The van der Waals surface area contributed by atoms with Gasteiger partial charge in [-0.25, -0.2) is 0 Å². The quantitative estimate of drug-likeness (QED) is 0.569. The lowest BCUT2D eigenvalue weighted by Gasteiger charge is -2.49. The fraction of sp³-hybridized carbons (Fsp3) is 0.333. The highest BCUT2D eigenvalue weighted by Gasteiger charge is 2.44. The minimum absolute atomic E-state index is 0.149. The minimum atomic E-state index is -4.47. The van der Waals surface area contributed by atoms with E-state index in [2.05, 4.69) is 5.32 Å². The van der Waals surface area contributed by atoms with Gasteiger partial charge in [-0.1, -0.05) is 30.3 Å². The van der Waals surface area contributed by atoms with Gasteiger partial charge in [0.25, 0.3) is 5.91 Å². The van der Waals surface area contributed by atoms with Crippen molar-refractivity contribution in [1.29, 1.82) is 0 Å². The van der Waals surface area contributed by atoms with Crippen LogP contribution in [0.4, 0.5) is 18.9 Å². The molecule has 6 nitrogen and oxygen atoms in total. The summed E-state index contributed by atoms with van der Waals surface area (Å²) in [5.41, 5.74) is 1.36. The van der Waals surface area contributed by atoms with E-state index in [4.69, 9.17) is 4.42 Å².